The van der Waals surface area contributed by atoms with Gasteiger partial charge in [0.1, 0.15) is 5.01 Å². The van der Waals surface area contributed by atoms with Gasteiger partial charge in [0.25, 0.3) is 0 Å². The fraction of sp³-hybridized carbons (Fsp3) is 0.538. The summed E-state index contributed by atoms with van der Waals surface area (Å²) in [5.41, 5.74) is 6.63. The average Bonchev–Trinajstić information content (AvgIpc) is 3.01. The molecule has 1 fully saturated rings. The first-order chi connectivity index (χ1) is 9.22. The van der Waals surface area contributed by atoms with E-state index in [2.05, 4.69) is 21.8 Å². The van der Waals surface area contributed by atoms with Crippen molar-refractivity contribution in [3.8, 4) is 10.6 Å². The highest BCUT2D eigenvalue weighted by atomic mass is 32.1. The molecule has 6 heteroatoms. The number of thiazole rings is 2. The van der Waals surface area contributed by atoms with E-state index in [1.165, 1.54) is 42.2 Å². The zero-order chi connectivity index (χ0) is 13.2. The Bertz CT molecular complexity index is 548. The number of nitrogens with zero attached hydrogens (tertiary/aromatic N) is 3. The second kappa shape index (κ2) is 5.56. The van der Waals surface area contributed by atoms with E-state index in [0.717, 1.165) is 17.1 Å². The summed E-state index contributed by atoms with van der Waals surface area (Å²) >= 11 is 3.21. The molecule has 1 saturated heterocycles. The predicted octanol–water partition coefficient (Wildman–Crippen LogP) is 3.22. The first kappa shape index (κ1) is 13.0. The molecule has 0 spiro atoms. The zero-order valence-corrected chi connectivity index (χ0v) is 12.6. The Balaban J connectivity index is 1.71. The summed E-state index contributed by atoms with van der Waals surface area (Å²) in [6, 6.07) is 0.677. The Kier molecular flexibility index (Phi) is 3.81. The zero-order valence-electron chi connectivity index (χ0n) is 11.0. The minimum atomic E-state index is 0.620. The molecular formula is C13H18N4S2. The fourth-order valence-electron chi connectivity index (χ4n) is 2.47. The topological polar surface area (TPSA) is 55.0 Å². The van der Waals surface area contributed by atoms with Crippen molar-refractivity contribution in [2.75, 3.05) is 12.3 Å². The van der Waals surface area contributed by atoms with Gasteiger partial charge >= 0.3 is 0 Å². The van der Waals surface area contributed by atoms with Crippen LogP contribution in [0.15, 0.2) is 11.6 Å². The van der Waals surface area contributed by atoms with Crippen LogP contribution in [-0.4, -0.2) is 27.5 Å². The normalized spacial score (nSPS) is 20.8. The third-order valence-electron chi connectivity index (χ3n) is 3.61. The lowest BCUT2D eigenvalue weighted by molar-refractivity contribution is 0.152. The van der Waals surface area contributed by atoms with Crippen molar-refractivity contribution in [1.29, 1.82) is 0 Å². The molecule has 1 aliphatic rings. The lowest BCUT2D eigenvalue weighted by atomic mass is 10.0. The maximum absolute atomic E-state index is 5.67. The number of aromatic nitrogens is 2. The average molecular weight is 294 g/mol. The number of nitrogen functional groups attached to an aromatic ring is 1. The van der Waals surface area contributed by atoms with Crippen molar-refractivity contribution in [2.24, 2.45) is 0 Å². The van der Waals surface area contributed by atoms with E-state index in [1.807, 2.05) is 11.6 Å². The smallest absolute Gasteiger partial charge is 0.180 e. The van der Waals surface area contributed by atoms with Crippen LogP contribution < -0.4 is 5.73 Å². The van der Waals surface area contributed by atoms with E-state index in [9.17, 15) is 0 Å². The summed E-state index contributed by atoms with van der Waals surface area (Å²) in [6.45, 7) is 4.47. The fourth-order valence-corrected chi connectivity index (χ4v) is 4.01. The molecule has 1 unspecified atom stereocenters. The molecule has 0 aliphatic carbocycles. The van der Waals surface area contributed by atoms with Crippen LogP contribution in [0.25, 0.3) is 10.6 Å². The summed E-state index contributed by atoms with van der Waals surface area (Å²) < 4.78 is 0. The highest BCUT2D eigenvalue weighted by Gasteiger charge is 2.19. The van der Waals surface area contributed by atoms with E-state index in [-0.39, 0.29) is 0 Å². The van der Waals surface area contributed by atoms with Crippen LogP contribution in [0.5, 0.6) is 0 Å². The largest absolute Gasteiger partial charge is 0.375 e. The molecule has 2 aromatic rings. The second-order valence-electron chi connectivity index (χ2n) is 5.00. The third kappa shape index (κ3) is 2.96. The SMILES string of the molecule is CC1CCCCN1Cc1ncc(-c2csc(N)n2)s1. The van der Waals surface area contributed by atoms with Gasteiger partial charge in [-0.25, -0.2) is 9.97 Å². The standard InChI is InChI=1S/C13H18N4S2/c1-9-4-2-3-5-17(9)7-12-15-6-11(19-12)10-8-18-13(14)16-10/h6,8-9H,2-5,7H2,1H3,(H2,14,16). The van der Waals surface area contributed by atoms with Gasteiger partial charge in [0.05, 0.1) is 17.1 Å². The maximum Gasteiger partial charge on any atom is 0.180 e. The van der Waals surface area contributed by atoms with Crippen LogP contribution in [0, 0.1) is 0 Å². The van der Waals surface area contributed by atoms with Gasteiger partial charge < -0.3 is 5.73 Å². The first-order valence-electron chi connectivity index (χ1n) is 6.62. The van der Waals surface area contributed by atoms with Crippen molar-refractivity contribution in [3.63, 3.8) is 0 Å². The molecule has 2 N–H and O–H groups in total. The number of hydrogen-bond donors (Lipinski definition) is 1. The molecule has 2 aromatic heterocycles. The second-order valence-corrected chi connectivity index (χ2v) is 7.01. The van der Waals surface area contributed by atoms with Crippen LogP contribution in [0.3, 0.4) is 0 Å². The van der Waals surface area contributed by atoms with Gasteiger partial charge in [-0.3, -0.25) is 4.90 Å². The number of rotatable bonds is 3. The summed E-state index contributed by atoms with van der Waals surface area (Å²) in [5, 5.41) is 3.79. The summed E-state index contributed by atoms with van der Waals surface area (Å²) in [4.78, 5) is 12.5. The molecular weight excluding hydrogens is 276 g/mol. The van der Waals surface area contributed by atoms with Gasteiger partial charge in [-0.1, -0.05) is 6.42 Å². The molecule has 0 saturated carbocycles. The highest BCUT2D eigenvalue weighted by molar-refractivity contribution is 7.16. The summed E-state index contributed by atoms with van der Waals surface area (Å²) in [6.07, 6.45) is 5.90. The van der Waals surface area contributed by atoms with Crippen molar-refractivity contribution in [2.45, 2.75) is 38.8 Å². The molecule has 1 aliphatic heterocycles. The van der Waals surface area contributed by atoms with Crippen LogP contribution in [0.4, 0.5) is 5.13 Å². The van der Waals surface area contributed by atoms with Crippen LogP contribution in [0.1, 0.15) is 31.2 Å². The number of likely N-dealkylation sites (tertiary alicyclic amines) is 1. The van der Waals surface area contributed by atoms with E-state index < -0.39 is 0 Å². The molecule has 1 atom stereocenters. The van der Waals surface area contributed by atoms with Crippen molar-refractivity contribution in [1.82, 2.24) is 14.9 Å². The first-order valence-corrected chi connectivity index (χ1v) is 8.32. The number of anilines is 1. The third-order valence-corrected chi connectivity index (χ3v) is 5.29. The van der Waals surface area contributed by atoms with Gasteiger partial charge in [0.2, 0.25) is 0 Å². The molecule has 0 radical (unpaired) electrons. The van der Waals surface area contributed by atoms with Gasteiger partial charge in [-0.2, -0.15) is 0 Å². The van der Waals surface area contributed by atoms with Crippen LogP contribution >= 0.6 is 22.7 Å². The lowest BCUT2D eigenvalue weighted by Crippen LogP contribution is -2.36. The van der Waals surface area contributed by atoms with Crippen molar-refractivity contribution >= 4 is 27.8 Å². The number of nitrogens with two attached hydrogens (primary N) is 1. The minimum Gasteiger partial charge on any atom is -0.375 e. The Morgan fingerprint density at radius 2 is 2.37 bits per heavy atom. The molecule has 0 aromatic carbocycles. The van der Waals surface area contributed by atoms with E-state index >= 15 is 0 Å². The van der Waals surface area contributed by atoms with Gasteiger partial charge in [0, 0.05) is 17.6 Å². The molecule has 102 valence electrons. The van der Waals surface area contributed by atoms with E-state index in [0.29, 0.717) is 11.2 Å². The Morgan fingerprint density at radius 3 is 3.11 bits per heavy atom. The minimum absolute atomic E-state index is 0.620. The maximum atomic E-state index is 5.67. The Hall–Kier alpha value is -0.980. The molecule has 4 nitrogen and oxygen atoms in total. The Morgan fingerprint density at radius 1 is 1.47 bits per heavy atom. The monoisotopic (exact) mass is 294 g/mol. The van der Waals surface area contributed by atoms with Crippen molar-refractivity contribution in [3.05, 3.63) is 16.6 Å². The molecule has 0 amide bonds. The van der Waals surface area contributed by atoms with Gasteiger partial charge in [-0.15, -0.1) is 22.7 Å². The summed E-state index contributed by atoms with van der Waals surface area (Å²) in [7, 11) is 0. The van der Waals surface area contributed by atoms with Gasteiger partial charge in [0.15, 0.2) is 5.13 Å². The molecule has 3 heterocycles. The number of hydrogen-bond acceptors (Lipinski definition) is 6. The van der Waals surface area contributed by atoms with Crippen LogP contribution in [-0.2, 0) is 6.54 Å². The molecule has 0 bridgehead atoms. The predicted molar refractivity (Wildman–Crippen MR) is 81.4 cm³/mol. The van der Waals surface area contributed by atoms with Crippen molar-refractivity contribution < 1.29 is 0 Å². The summed E-state index contributed by atoms with van der Waals surface area (Å²) in [5.74, 6) is 0. The molecule has 19 heavy (non-hydrogen) atoms. The van der Waals surface area contributed by atoms with E-state index in [4.69, 9.17) is 5.73 Å². The van der Waals surface area contributed by atoms with Gasteiger partial charge in [-0.05, 0) is 26.3 Å². The lowest BCUT2D eigenvalue weighted by Gasteiger charge is -2.32. The molecule has 3 rings (SSSR count). The number of piperidine rings is 1. The Labute approximate surface area is 121 Å². The van der Waals surface area contributed by atoms with Crippen LogP contribution in [0.2, 0.25) is 0 Å². The highest BCUT2D eigenvalue weighted by Crippen LogP contribution is 2.29. The quantitative estimate of drug-likeness (QED) is 0.944. The van der Waals surface area contributed by atoms with E-state index in [1.54, 1.807) is 11.3 Å².